The summed E-state index contributed by atoms with van der Waals surface area (Å²) in [7, 11) is -2.07. The van der Waals surface area contributed by atoms with E-state index >= 15 is 0 Å². The van der Waals surface area contributed by atoms with Gasteiger partial charge >= 0.3 is 0 Å². The molecule has 0 spiro atoms. The molecule has 0 bridgehead atoms. The van der Waals surface area contributed by atoms with Crippen molar-refractivity contribution >= 4 is 21.6 Å². The van der Waals surface area contributed by atoms with Crippen molar-refractivity contribution in [3.63, 3.8) is 0 Å². The second kappa shape index (κ2) is 8.96. The molecule has 2 heterocycles. The standard InChI is InChI=1S/C23H27FN2O4S/c1-30-22-10-6-17(15-20(22)24)7-11-23(27)26-14-4-5-18-16-19(8-9-21(18)26)31(28,29)25-12-2-3-13-25/h6,8-10,15-16H,2-5,7,11-14H2,1H3. The van der Waals surface area contributed by atoms with Crippen LogP contribution in [0.1, 0.15) is 36.8 Å². The molecule has 8 heteroatoms. The zero-order valence-electron chi connectivity index (χ0n) is 17.6. The number of methoxy groups -OCH3 is 1. The molecule has 1 amide bonds. The van der Waals surface area contributed by atoms with Crippen LogP contribution in [0.5, 0.6) is 5.75 Å². The summed E-state index contributed by atoms with van der Waals surface area (Å²) < 4.78 is 46.1. The Labute approximate surface area is 182 Å². The number of sulfonamides is 1. The van der Waals surface area contributed by atoms with Crippen molar-refractivity contribution in [2.45, 2.75) is 43.4 Å². The van der Waals surface area contributed by atoms with Crippen molar-refractivity contribution in [2.24, 2.45) is 0 Å². The summed E-state index contributed by atoms with van der Waals surface area (Å²) in [5.74, 6) is -0.311. The van der Waals surface area contributed by atoms with Crippen LogP contribution in [0.15, 0.2) is 41.3 Å². The molecule has 2 aliphatic rings. The van der Waals surface area contributed by atoms with Crippen LogP contribution in [-0.2, 0) is 27.7 Å². The number of carbonyl (C=O) groups excluding carboxylic acids is 1. The normalized spacial score (nSPS) is 16.9. The van der Waals surface area contributed by atoms with Crippen LogP contribution in [0, 0.1) is 5.82 Å². The van der Waals surface area contributed by atoms with Gasteiger partial charge in [-0.3, -0.25) is 4.79 Å². The van der Waals surface area contributed by atoms with Gasteiger partial charge < -0.3 is 9.64 Å². The Morgan fingerprint density at radius 2 is 1.84 bits per heavy atom. The third-order valence-corrected chi connectivity index (χ3v) is 7.91. The molecule has 0 N–H and O–H groups in total. The molecule has 2 aromatic rings. The zero-order chi connectivity index (χ0) is 22.0. The highest BCUT2D eigenvalue weighted by Gasteiger charge is 2.29. The van der Waals surface area contributed by atoms with Crippen molar-refractivity contribution in [3.8, 4) is 5.75 Å². The fraction of sp³-hybridized carbons (Fsp3) is 0.435. The monoisotopic (exact) mass is 446 g/mol. The summed E-state index contributed by atoms with van der Waals surface area (Å²) in [4.78, 5) is 14.9. The molecule has 0 aliphatic carbocycles. The first kappa shape index (κ1) is 21.8. The molecule has 166 valence electrons. The number of anilines is 1. The van der Waals surface area contributed by atoms with Gasteiger partial charge in [0.2, 0.25) is 15.9 Å². The molecule has 0 radical (unpaired) electrons. The van der Waals surface area contributed by atoms with Crippen LogP contribution in [0.25, 0.3) is 0 Å². The summed E-state index contributed by atoms with van der Waals surface area (Å²) in [6.45, 7) is 1.73. The first-order valence-electron chi connectivity index (χ1n) is 10.7. The van der Waals surface area contributed by atoms with Gasteiger partial charge in [-0.1, -0.05) is 6.07 Å². The van der Waals surface area contributed by atoms with E-state index < -0.39 is 15.8 Å². The van der Waals surface area contributed by atoms with E-state index in [0.717, 1.165) is 42.5 Å². The Hall–Kier alpha value is -2.45. The lowest BCUT2D eigenvalue weighted by molar-refractivity contribution is -0.118. The van der Waals surface area contributed by atoms with Crippen LogP contribution >= 0.6 is 0 Å². The van der Waals surface area contributed by atoms with Gasteiger partial charge in [0.1, 0.15) is 0 Å². The summed E-state index contributed by atoms with van der Waals surface area (Å²) in [5, 5.41) is 0. The zero-order valence-corrected chi connectivity index (χ0v) is 18.5. The lowest BCUT2D eigenvalue weighted by Crippen LogP contribution is -2.36. The molecule has 31 heavy (non-hydrogen) atoms. The number of benzene rings is 2. The minimum atomic E-state index is -3.48. The Bertz CT molecular complexity index is 1080. The third kappa shape index (κ3) is 4.45. The van der Waals surface area contributed by atoms with E-state index in [1.54, 1.807) is 35.2 Å². The Morgan fingerprint density at radius 3 is 2.55 bits per heavy atom. The van der Waals surface area contributed by atoms with E-state index in [2.05, 4.69) is 0 Å². The molecule has 0 aromatic heterocycles. The van der Waals surface area contributed by atoms with Gasteiger partial charge in [0.05, 0.1) is 12.0 Å². The molecular formula is C23H27FN2O4S. The van der Waals surface area contributed by atoms with E-state index in [4.69, 9.17) is 4.74 Å². The number of halogens is 1. The smallest absolute Gasteiger partial charge is 0.243 e. The van der Waals surface area contributed by atoms with Gasteiger partial charge in [-0.15, -0.1) is 0 Å². The van der Waals surface area contributed by atoms with Gasteiger partial charge in [0, 0.05) is 31.7 Å². The first-order valence-corrected chi connectivity index (χ1v) is 12.1. The second-order valence-electron chi connectivity index (χ2n) is 8.02. The molecule has 6 nitrogen and oxygen atoms in total. The van der Waals surface area contributed by atoms with E-state index in [1.165, 1.54) is 17.5 Å². The van der Waals surface area contributed by atoms with Crippen molar-refractivity contribution in [1.82, 2.24) is 4.31 Å². The van der Waals surface area contributed by atoms with Crippen molar-refractivity contribution in [3.05, 3.63) is 53.3 Å². The first-order chi connectivity index (χ1) is 14.9. The average molecular weight is 447 g/mol. The predicted molar refractivity (Wildman–Crippen MR) is 116 cm³/mol. The maximum Gasteiger partial charge on any atom is 0.243 e. The number of fused-ring (bicyclic) bond motifs is 1. The Balaban J connectivity index is 1.49. The lowest BCUT2D eigenvalue weighted by Gasteiger charge is -2.30. The lowest BCUT2D eigenvalue weighted by atomic mass is 10.0. The number of nitrogens with zero attached hydrogens (tertiary/aromatic N) is 2. The van der Waals surface area contributed by atoms with Crippen molar-refractivity contribution < 1.29 is 22.3 Å². The number of ether oxygens (including phenoxy) is 1. The minimum Gasteiger partial charge on any atom is -0.494 e. The molecule has 0 atom stereocenters. The van der Waals surface area contributed by atoms with E-state index in [0.29, 0.717) is 31.0 Å². The Morgan fingerprint density at radius 1 is 1.06 bits per heavy atom. The Kier molecular flexibility index (Phi) is 6.29. The quantitative estimate of drug-likeness (QED) is 0.681. The number of carbonyl (C=O) groups is 1. The average Bonchev–Trinajstić information content (AvgIpc) is 3.32. The second-order valence-corrected chi connectivity index (χ2v) is 9.96. The van der Waals surface area contributed by atoms with Gasteiger partial charge in [-0.25, -0.2) is 12.8 Å². The maximum absolute atomic E-state index is 13.9. The molecule has 1 fully saturated rings. The highest BCUT2D eigenvalue weighted by Crippen LogP contribution is 2.32. The van der Waals surface area contributed by atoms with Crippen LogP contribution in [0.4, 0.5) is 10.1 Å². The fourth-order valence-electron chi connectivity index (χ4n) is 4.32. The minimum absolute atomic E-state index is 0.0488. The number of amides is 1. The van der Waals surface area contributed by atoms with Gasteiger partial charge in [0.25, 0.3) is 0 Å². The molecule has 2 aromatic carbocycles. The number of hydrogen-bond acceptors (Lipinski definition) is 4. The van der Waals surface area contributed by atoms with E-state index in [1.807, 2.05) is 0 Å². The molecule has 4 rings (SSSR count). The molecular weight excluding hydrogens is 419 g/mol. The summed E-state index contributed by atoms with van der Waals surface area (Å²) in [6.07, 6.45) is 3.98. The highest BCUT2D eigenvalue weighted by molar-refractivity contribution is 7.89. The summed E-state index contributed by atoms with van der Waals surface area (Å²) in [6, 6.07) is 9.80. The van der Waals surface area contributed by atoms with Crippen molar-refractivity contribution in [2.75, 3.05) is 31.6 Å². The topological polar surface area (TPSA) is 66.9 Å². The molecule has 0 unspecified atom stereocenters. The van der Waals surface area contributed by atoms with Crippen LogP contribution in [0.3, 0.4) is 0 Å². The van der Waals surface area contributed by atoms with Crippen LogP contribution in [-0.4, -0.2) is 45.4 Å². The van der Waals surface area contributed by atoms with E-state index in [-0.39, 0.29) is 18.1 Å². The SMILES string of the molecule is COc1ccc(CCC(=O)N2CCCc3cc(S(=O)(=O)N4CCCC4)ccc32)cc1F. The molecule has 2 aliphatic heterocycles. The number of aryl methyl sites for hydroxylation is 2. The van der Waals surface area contributed by atoms with Crippen molar-refractivity contribution in [1.29, 1.82) is 0 Å². The summed E-state index contributed by atoms with van der Waals surface area (Å²) >= 11 is 0. The highest BCUT2D eigenvalue weighted by atomic mass is 32.2. The third-order valence-electron chi connectivity index (χ3n) is 6.02. The van der Waals surface area contributed by atoms with Gasteiger partial charge in [-0.05, 0) is 73.6 Å². The van der Waals surface area contributed by atoms with Crippen LogP contribution < -0.4 is 9.64 Å². The number of rotatable bonds is 6. The maximum atomic E-state index is 13.9. The van der Waals surface area contributed by atoms with Gasteiger partial charge in [0.15, 0.2) is 11.6 Å². The van der Waals surface area contributed by atoms with E-state index in [9.17, 15) is 17.6 Å². The molecule has 1 saturated heterocycles. The number of hydrogen-bond donors (Lipinski definition) is 0. The van der Waals surface area contributed by atoms with Gasteiger partial charge in [-0.2, -0.15) is 4.31 Å². The predicted octanol–water partition coefficient (Wildman–Crippen LogP) is 3.53. The van der Waals surface area contributed by atoms with Crippen LogP contribution in [0.2, 0.25) is 0 Å². The molecule has 0 saturated carbocycles. The fourth-order valence-corrected chi connectivity index (χ4v) is 5.89. The summed E-state index contributed by atoms with van der Waals surface area (Å²) in [5.41, 5.74) is 2.39. The largest absolute Gasteiger partial charge is 0.494 e.